The molecular weight excluding hydrogens is 356 g/mol. The molecule has 1 N–H and O–H groups in total. The van der Waals surface area contributed by atoms with Crippen molar-refractivity contribution in [3.63, 3.8) is 0 Å². The van der Waals surface area contributed by atoms with Crippen LogP contribution in [0.3, 0.4) is 0 Å². The van der Waals surface area contributed by atoms with Crippen LogP contribution in [0.5, 0.6) is 5.75 Å². The number of esters is 1. The molecule has 1 unspecified atom stereocenters. The van der Waals surface area contributed by atoms with Crippen molar-refractivity contribution < 1.29 is 19.4 Å². The maximum Gasteiger partial charge on any atom is 0.311 e. The number of aromatic nitrogens is 2. The van der Waals surface area contributed by atoms with Crippen molar-refractivity contribution in [2.75, 3.05) is 13.2 Å². The summed E-state index contributed by atoms with van der Waals surface area (Å²) >= 11 is 0. The molecule has 6 nitrogen and oxygen atoms in total. The number of aliphatic hydroxyl groups excluding tert-OH is 1. The fraction of sp³-hybridized carbons (Fsp3) is 0.455. The summed E-state index contributed by atoms with van der Waals surface area (Å²) in [6, 6.07) is 5.70. The van der Waals surface area contributed by atoms with Gasteiger partial charge in [-0.2, -0.15) is 0 Å². The van der Waals surface area contributed by atoms with Crippen molar-refractivity contribution in [3.05, 3.63) is 47.5 Å². The van der Waals surface area contributed by atoms with Gasteiger partial charge in [0, 0.05) is 30.6 Å². The van der Waals surface area contributed by atoms with Crippen LogP contribution in [-0.2, 0) is 16.6 Å². The molecule has 0 spiro atoms. The van der Waals surface area contributed by atoms with E-state index in [4.69, 9.17) is 9.47 Å². The number of nitrogens with zero attached hydrogens (tertiary/aromatic N) is 2. The monoisotopic (exact) mass is 384 g/mol. The lowest BCUT2D eigenvalue weighted by Crippen LogP contribution is -2.27. The number of imidazole rings is 1. The molecule has 0 radical (unpaired) electrons. The second-order valence-electron chi connectivity index (χ2n) is 7.78. The summed E-state index contributed by atoms with van der Waals surface area (Å²) in [4.78, 5) is 16.4. The Balaban J connectivity index is 1.74. The van der Waals surface area contributed by atoms with Gasteiger partial charge in [-0.25, -0.2) is 4.98 Å². The van der Waals surface area contributed by atoms with E-state index >= 15 is 0 Å². The minimum atomic E-state index is -0.661. The molecule has 6 heteroatoms. The number of aliphatic hydroxyl groups is 1. The second kappa shape index (κ2) is 8.19. The predicted octanol–water partition coefficient (Wildman–Crippen LogP) is 3.76. The van der Waals surface area contributed by atoms with Gasteiger partial charge in [0.25, 0.3) is 0 Å². The number of fused-ring (bicyclic) bond motifs is 1. The van der Waals surface area contributed by atoms with Crippen LogP contribution in [0.1, 0.15) is 56.7 Å². The Bertz CT molecular complexity index is 882. The Labute approximate surface area is 165 Å². The smallest absolute Gasteiger partial charge is 0.311 e. The molecule has 1 aliphatic heterocycles. The zero-order chi connectivity index (χ0) is 20.3. The molecule has 0 amide bonds. The highest BCUT2D eigenvalue weighted by Gasteiger charge is 2.30. The standard InChI is InChI=1S/C22H28N2O4/c1-5-27-21(26)22(2,3)9-8-18(25)15-6-7-19-16(12-15)13-17(14-28-19)20-23-10-11-24(20)4/h6-7,10-13,18,25H,5,8-9,14H2,1-4H3. The minimum Gasteiger partial charge on any atom is -0.488 e. The lowest BCUT2D eigenvalue weighted by molar-refractivity contribution is -0.154. The van der Waals surface area contributed by atoms with Gasteiger partial charge in [-0.3, -0.25) is 4.79 Å². The van der Waals surface area contributed by atoms with Crippen molar-refractivity contribution >= 4 is 17.6 Å². The highest BCUT2D eigenvalue weighted by molar-refractivity contribution is 5.83. The quantitative estimate of drug-likeness (QED) is 0.736. The Morgan fingerprint density at radius 2 is 2.21 bits per heavy atom. The molecule has 2 aromatic rings. The molecule has 0 bridgehead atoms. The third-order valence-corrected chi connectivity index (χ3v) is 5.11. The zero-order valence-corrected chi connectivity index (χ0v) is 16.9. The summed E-state index contributed by atoms with van der Waals surface area (Å²) in [5.41, 5.74) is 2.10. The summed E-state index contributed by atoms with van der Waals surface area (Å²) in [5, 5.41) is 10.7. The highest BCUT2D eigenvalue weighted by atomic mass is 16.5. The van der Waals surface area contributed by atoms with E-state index < -0.39 is 11.5 Å². The van der Waals surface area contributed by atoms with Gasteiger partial charge < -0.3 is 19.1 Å². The lowest BCUT2D eigenvalue weighted by Gasteiger charge is -2.24. The van der Waals surface area contributed by atoms with Gasteiger partial charge in [0.2, 0.25) is 0 Å². The number of rotatable bonds is 7. The van der Waals surface area contributed by atoms with Crippen LogP contribution in [0.2, 0.25) is 0 Å². The van der Waals surface area contributed by atoms with E-state index in [-0.39, 0.29) is 5.97 Å². The first-order valence-electron chi connectivity index (χ1n) is 9.62. The van der Waals surface area contributed by atoms with Crippen molar-refractivity contribution in [2.45, 2.75) is 39.7 Å². The van der Waals surface area contributed by atoms with Gasteiger partial charge in [-0.1, -0.05) is 6.07 Å². The maximum atomic E-state index is 12.0. The van der Waals surface area contributed by atoms with Gasteiger partial charge in [-0.05, 0) is 57.4 Å². The fourth-order valence-electron chi connectivity index (χ4n) is 3.30. The Hall–Kier alpha value is -2.60. The number of hydrogen-bond donors (Lipinski definition) is 1. The number of aryl methyl sites for hydroxylation is 1. The maximum absolute atomic E-state index is 12.0. The molecule has 1 aromatic carbocycles. The van der Waals surface area contributed by atoms with Crippen LogP contribution in [0.4, 0.5) is 0 Å². The predicted molar refractivity (Wildman–Crippen MR) is 108 cm³/mol. The molecule has 0 aliphatic carbocycles. The zero-order valence-electron chi connectivity index (χ0n) is 16.9. The summed E-state index contributed by atoms with van der Waals surface area (Å²) in [6.45, 7) is 6.32. The number of carbonyl (C=O) groups is 1. The van der Waals surface area contributed by atoms with Gasteiger partial charge in [0.05, 0.1) is 18.1 Å². The topological polar surface area (TPSA) is 73.6 Å². The number of hydrogen-bond acceptors (Lipinski definition) is 5. The molecule has 150 valence electrons. The summed E-state index contributed by atoms with van der Waals surface area (Å²) in [6.07, 6.45) is 6.07. The summed E-state index contributed by atoms with van der Waals surface area (Å²) in [7, 11) is 1.95. The van der Waals surface area contributed by atoms with Gasteiger partial charge in [0.1, 0.15) is 18.2 Å². The number of carbonyl (C=O) groups excluding carboxylic acids is 1. The molecule has 1 aromatic heterocycles. The SMILES string of the molecule is CCOC(=O)C(C)(C)CCC(O)c1ccc2c(c1)C=C(c1nccn1C)CO2. The van der Waals surface area contributed by atoms with Gasteiger partial charge >= 0.3 is 5.97 Å². The largest absolute Gasteiger partial charge is 0.488 e. The highest BCUT2D eigenvalue weighted by Crippen LogP contribution is 2.34. The van der Waals surface area contributed by atoms with Crippen LogP contribution in [0.25, 0.3) is 11.6 Å². The van der Waals surface area contributed by atoms with Crippen LogP contribution >= 0.6 is 0 Å². The molecule has 28 heavy (non-hydrogen) atoms. The lowest BCUT2D eigenvalue weighted by atomic mass is 9.85. The second-order valence-corrected chi connectivity index (χ2v) is 7.78. The fourth-order valence-corrected chi connectivity index (χ4v) is 3.30. The molecule has 3 rings (SSSR count). The molecular formula is C22H28N2O4. The Kier molecular flexibility index (Phi) is 5.89. The first kappa shape index (κ1) is 20.1. The first-order chi connectivity index (χ1) is 13.3. The van der Waals surface area contributed by atoms with E-state index in [0.29, 0.717) is 26.1 Å². The number of ether oxygens (including phenoxy) is 2. The van der Waals surface area contributed by atoms with Crippen molar-refractivity contribution in [3.8, 4) is 5.75 Å². The van der Waals surface area contributed by atoms with E-state index in [1.54, 1.807) is 13.1 Å². The van der Waals surface area contributed by atoms with Crippen LogP contribution < -0.4 is 4.74 Å². The van der Waals surface area contributed by atoms with Crippen molar-refractivity contribution in [1.29, 1.82) is 0 Å². The average molecular weight is 384 g/mol. The third kappa shape index (κ3) is 4.28. The Morgan fingerprint density at radius 3 is 2.89 bits per heavy atom. The molecule has 1 aliphatic rings. The Morgan fingerprint density at radius 1 is 1.43 bits per heavy atom. The number of benzene rings is 1. The van der Waals surface area contributed by atoms with E-state index in [1.807, 2.05) is 49.9 Å². The third-order valence-electron chi connectivity index (χ3n) is 5.11. The average Bonchev–Trinajstić information content (AvgIpc) is 3.11. The first-order valence-corrected chi connectivity index (χ1v) is 9.62. The summed E-state index contributed by atoms with van der Waals surface area (Å²) < 4.78 is 12.9. The van der Waals surface area contributed by atoms with E-state index in [9.17, 15) is 9.90 Å². The van der Waals surface area contributed by atoms with Gasteiger partial charge in [0.15, 0.2) is 0 Å². The van der Waals surface area contributed by atoms with E-state index in [0.717, 1.165) is 28.3 Å². The molecule has 0 saturated heterocycles. The van der Waals surface area contributed by atoms with Crippen LogP contribution in [0, 0.1) is 5.41 Å². The summed E-state index contributed by atoms with van der Waals surface area (Å²) in [5.74, 6) is 1.43. The molecule has 0 saturated carbocycles. The molecule has 1 atom stereocenters. The minimum absolute atomic E-state index is 0.233. The molecule has 0 fully saturated rings. The van der Waals surface area contributed by atoms with E-state index in [1.165, 1.54) is 0 Å². The molecule has 2 heterocycles. The van der Waals surface area contributed by atoms with Crippen LogP contribution in [0.15, 0.2) is 30.6 Å². The normalized spacial score (nSPS) is 14.7. The van der Waals surface area contributed by atoms with Crippen molar-refractivity contribution in [2.24, 2.45) is 12.5 Å². The van der Waals surface area contributed by atoms with Crippen molar-refractivity contribution in [1.82, 2.24) is 9.55 Å². The van der Waals surface area contributed by atoms with Gasteiger partial charge in [-0.15, -0.1) is 0 Å². The van der Waals surface area contributed by atoms with E-state index in [2.05, 4.69) is 11.1 Å². The van der Waals surface area contributed by atoms with Crippen LogP contribution in [-0.4, -0.2) is 33.8 Å².